The van der Waals surface area contributed by atoms with Crippen molar-refractivity contribution in [3.63, 3.8) is 0 Å². The lowest BCUT2D eigenvalue weighted by atomic mass is 10.0. The first kappa shape index (κ1) is 14.8. The smallest absolute Gasteiger partial charge is 0.329 e. The van der Waals surface area contributed by atoms with Crippen molar-refractivity contribution >= 4 is 0 Å². The number of alkyl halides is 5. The van der Waals surface area contributed by atoms with Crippen molar-refractivity contribution in [2.45, 2.75) is 18.6 Å². The van der Waals surface area contributed by atoms with E-state index < -0.39 is 30.8 Å². The van der Waals surface area contributed by atoms with Crippen molar-refractivity contribution in [3.05, 3.63) is 35.4 Å². The Labute approximate surface area is 101 Å². The first-order valence-electron chi connectivity index (χ1n) is 5.23. The van der Waals surface area contributed by atoms with Crippen LogP contribution in [0.3, 0.4) is 0 Å². The molecule has 0 saturated carbocycles. The van der Waals surface area contributed by atoms with Gasteiger partial charge in [-0.05, 0) is 17.7 Å². The molecule has 0 aliphatic carbocycles. The molecule has 0 radical (unpaired) electrons. The van der Waals surface area contributed by atoms with Gasteiger partial charge in [0.25, 0.3) is 6.43 Å². The number of hydrogen-bond donors (Lipinski definition) is 2. The Balaban J connectivity index is 2.86. The quantitative estimate of drug-likeness (QED) is 0.805. The molecule has 1 aromatic carbocycles. The molecule has 1 rings (SSSR count). The van der Waals surface area contributed by atoms with Crippen LogP contribution in [-0.2, 0) is 6.18 Å². The molecule has 3 N–H and O–H groups in total. The molecule has 0 heterocycles. The van der Waals surface area contributed by atoms with Gasteiger partial charge in [0.05, 0.1) is 12.1 Å². The van der Waals surface area contributed by atoms with Gasteiger partial charge in [-0.3, -0.25) is 0 Å². The van der Waals surface area contributed by atoms with Gasteiger partial charge < -0.3 is 11.1 Å². The molecule has 0 spiro atoms. The van der Waals surface area contributed by atoms with Crippen LogP contribution < -0.4 is 11.1 Å². The van der Waals surface area contributed by atoms with Gasteiger partial charge in [-0.1, -0.05) is 12.1 Å². The Kier molecular flexibility index (Phi) is 5.03. The highest BCUT2D eigenvalue weighted by Gasteiger charge is 2.30. The van der Waals surface area contributed by atoms with E-state index >= 15 is 0 Å². The minimum atomic E-state index is -4.46. The number of nitrogens with one attached hydrogen (secondary N) is 1. The summed E-state index contributed by atoms with van der Waals surface area (Å²) in [7, 11) is 0. The molecule has 0 amide bonds. The summed E-state index contributed by atoms with van der Waals surface area (Å²) in [4.78, 5) is 0. The van der Waals surface area contributed by atoms with Gasteiger partial charge in [0.15, 0.2) is 0 Å². The number of benzene rings is 1. The second kappa shape index (κ2) is 6.10. The normalized spacial score (nSPS) is 13.9. The average Bonchev–Trinajstić information content (AvgIpc) is 2.29. The molecule has 1 atom stereocenters. The highest BCUT2D eigenvalue weighted by atomic mass is 19.4. The van der Waals surface area contributed by atoms with E-state index in [1.807, 2.05) is 0 Å². The molecule has 0 aliphatic rings. The van der Waals surface area contributed by atoms with Crippen LogP contribution in [0.15, 0.2) is 24.3 Å². The molecule has 1 unspecified atom stereocenters. The SMILES string of the molecule is NCC(NCC(F)F)c1cccc(C(F)(F)F)c1. The van der Waals surface area contributed by atoms with Crippen molar-refractivity contribution in [2.24, 2.45) is 5.73 Å². The van der Waals surface area contributed by atoms with Crippen molar-refractivity contribution in [2.75, 3.05) is 13.1 Å². The van der Waals surface area contributed by atoms with Gasteiger partial charge >= 0.3 is 6.18 Å². The fourth-order valence-electron chi connectivity index (χ4n) is 1.50. The van der Waals surface area contributed by atoms with Crippen molar-refractivity contribution < 1.29 is 22.0 Å². The highest BCUT2D eigenvalue weighted by molar-refractivity contribution is 5.28. The molecule has 0 aliphatic heterocycles. The van der Waals surface area contributed by atoms with Crippen LogP contribution >= 0.6 is 0 Å². The van der Waals surface area contributed by atoms with Gasteiger partial charge in [-0.15, -0.1) is 0 Å². The van der Waals surface area contributed by atoms with Crippen molar-refractivity contribution in [1.29, 1.82) is 0 Å². The Morgan fingerprint density at radius 3 is 2.39 bits per heavy atom. The van der Waals surface area contributed by atoms with Crippen molar-refractivity contribution in [3.8, 4) is 0 Å². The first-order chi connectivity index (χ1) is 8.34. The second-order valence-electron chi connectivity index (χ2n) is 3.71. The lowest BCUT2D eigenvalue weighted by Gasteiger charge is -2.18. The Hall–Kier alpha value is -1.21. The topological polar surface area (TPSA) is 38.0 Å². The van der Waals surface area contributed by atoms with Crippen LogP contribution in [0.5, 0.6) is 0 Å². The summed E-state index contributed by atoms with van der Waals surface area (Å²) < 4.78 is 61.5. The standard InChI is InChI=1S/C11H13F5N2/c12-10(13)6-18-9(5-17)7-2-1-3-8(4-7)11(14,15)16/h1-4,9-10,18H,5-6,17H2. The summed E-state index contributed by atoms with van der Waals surface area (Å²) in [6.07, 6.45) is -7.04. The molecule has 0 saturated heterocycles. The Bertz CT molecular complexity index is 378. The third kappa shape index (κ3) is 4.23. The summed E-state index contributed by atoms with van der Waals surface area (Å²) in [5, 5.41) is 2.42. The number of rotatable bonds is 5. The van der Waals surface area contributed by atoms with Crippen LogP contribution in [-0.4, -0.2) is 19.5 Å². The molecule has 0 bridgehead atoms. The van der Waals surface area contributed by atoms with Gasteiger partial charge in [0.2, 0.25) is 0 Å². The fourth-order valence-corrected chi connectivity index (χ4v) is 1.50. The maximum atomic E-state index is 12.5. The van der Waals surface area contributed by atoms with Crippen LogP contribution in [0.1, 0.15) is 17.2 Å². The van der Waals surface area contributed by atoms with Crippen LogP contribution in [0.2, 0.25) is 0 Å². The zero-order valence-electron chi connectivity index (χ0n) is 9.35. The number of hydrogen-bond acceptors (Lipinski definition) is 2. The maximum absolute atomic E-state index is 12.5. The van der Waals surface area contributed by atoms with Gasteiger partial charge in [-0.2, -0.15) is 13.2 Å². The summed E-state index contributed by atoms with van der Waals surface area (Å²) in [6.45, 7) is -0.674. The van der Waals surface area contributed by atoms with Crippen LogP contribution in [0.25, 0.3) is 0 Å². The molecule has 0 aromatic heterocycles. The van der Waals surface area contributed by atoms with Gasteiger partial charge in [0.1, 0.15) is 0 Å². The Morgan fingerprint density at radius 1 is 1.22 bits per heavy atom. The average molecular weight is 268 g/mol. The molecular formula is C11H13F5N2. The number of halogens is 5. The fraction of sp³-hybridized carbons (Fsp3) is 0.455. The second-order valence-corrected chi connectivity index (χ2v) is 3.71. The van der Waals surface area contributed by atoms with Gasteiger partial charge in [0, 0.05) is 12.6 Å². The molecule has 102 valence electrons. The van der Waals surface area contributed by atoms with Gasteiger partial charge in [-0.25, -0.2) is 8.78 Å². The summed E-state index contributed by atoms with van der Waals surface area (Å²) in [5.41, 5.74) is 4.78. The monoisotopic (exact) mass is 268 g/mol. The largest absolute Gasteiger partial charge is 0.416 e. The van der Waals surface area contributed by atoms with E-state index in [1.165, 1.54) is 12.1 Å². The predicted molar refractivity (Wildman–Crippen MR) is 57.2 cm³/mol. The van der Waals surface area contributed by atoms with E-state index in [-0.39, 0.29) is 12.1 Å². The van der Waals surface area contributed by atoms with Crippen molar-refractivity contribution in [1.82, 2.24) is 5.32 Å². The van der Waals surface area contributed by atoms with E-state index in [0.29, 0.717) is 0 Å². The lowest BCUT2D eigenvalue weighted by Crippen LogP contribution is -2.32. The van der Waals surface area contributed by atoms with Crippen LogP contribution in [0, 0.1) is 0 Å². The minimum Gasteiger partial charge on any atom is -0.329 e. The lowest BCUT2D eigenvalue weighted by molar-refractivity contribution is -0.137. The Morgan fingerprint density at radius 2 is 1.89 bits per heavy atom. The summed E-state index contributed by atoms with van der Waals surface area (Å²) >= 11 is 0. The van der Waals surface area contributed by atoms with E-state index in [1.54, 1.807) is 0 Å². The third-order valence-electron chi connectivity index (χ3n) is 2.37. The molecule has 0 fully saturated rings. The number of nitrogens with two attached hydrogens (primary N) is 1. The first-order valence-corrected chi connectivity index (χ1v) is 5.23. The molecular weight excluding hydrogens is 255 g/mol. The van der Waals surface area contributed by atoms with Crippen LogP contribution in [0.4, 0.5) is 22.0 Å². The zero-order chi connectivity index (χ0) is 13.8. The van der Waals surface area contributed by atoms with E-state index in [9.17, 15) is 22.0 Å². The molecule has 7 heteroatoms. The summed E-state index contributed by atoms with van der Waals surface area (Å²) in [5.74, 6) is 0. The molecule has 18 heavy (non-hydrogen) atoms. The third-order valence-corrected chi connectivity index (χ3v) is 2.37. The summed E-state index contributed by atoms with van der Waals surface area (Å²) in [6, 6.07) is 3.76. The van der Waals surface area contributed by atoms with E-state index in [2.05, 4.69) is 5.32 Å². The minimum absolute atomic E-state index is 0.0615. The molecule has 2 nitrogen and oxygen atoms in total. The van der Waals surface area contributed by atoms with E-state index in [4.69, 9.17) is 5.73 Å². The maximum Gasteiger partial charge on any atom is 0.416 e. The zero-order valence-corrected chi connectivity index (χ0v) is 9.35. The predicted octanol–water partition coefficient (Wildman–Crippen LogP) is 2.56. The van der Waals surface area contributed by atoms with E-state index in [0.717, 1.165) is 12.1 Å². The molecule has 1 aromatic rings. The highest BCUT2D eigenvalue weighted by Crippen LogP contribution is 2.30.